The van der Waals surface area contributed by atoms with Crippen molar-refractivity contribution in [3.8, 4) is 5.75 Å². The van der Waals surface area contributed by atoms with E-state index in [2.05, 4.69) is 15.6 Å². The molecule has 2 amide bonds. The van der Waals surface area contributed by atoms with E-state index in [-0.39, 0.29) is 29.6 Å². The molecule has 10 heteroatoms. The van der Waals surface area contributed by atoms with Crippen LogP contribution in [0.25, 0.3) is 6.08 Å². The van der Waals surface area contributed by atoms with Crippen molar-refractivity contribution in [2.45, 2.75) is 19.5 Å². The fourth-order valence-corrected chi connectivity index (χ4v) is 4.31. The molecule has 2 N–H and O–H groups in total. The van der Waals surface area contributed by atoms with Gasteiger partial charge >= 0.3 is 6.61 Å². The minimum atomic E-state index is -3.05. The summed E-state index contributed by atoms with van der Waals surface area (Å²) in [6, 6.07) is 5.64. The van der Waals surface area contributed by atoms with Crippen LogP contribution in [0, 0.1) is 5.92 Å². The van der Waals surface area contributed by atoms with Crippen LogP contribution in [0.15, 0.2) is 30.3 Å². The van der Waals surface area contributed by atoms with Crippen LogP contribution in [-0.4, -0.2) is 38.3 Å². The van der Waals surface area contributed by atoms with E-state index in [1.807, 2.05) is 0 Å². The number of amides is 2. The Morgan fingerprint density at radius 2 is 1.92 bits per heavy atom. The minimum Gasteiger partial charge on any atom is -0.435 e. The van der Waals surface area contributed by atoms with Crippen LogP contribution < -0.4 is 15.6 Å². The number of nitrogens with one attached hydrogen (secondary N) is 2. The third kappa shape index (κ3) is 6.79. The summed E-state index contributed by atoms with van der Waals surface area (Å²) in [5.41, 5.74) is 4.98. The van der Waals surface area contributed by atoms with Gasteiger partial charge in [0.05, 0.1) is 11.5 Å². The van der Waals surface area contributed by atoms with Gasteiger partial charge in [-0.1, -0.05) is 12.1 Å². The van der Waals surface area contributed by atoms with Crippen molar-refractivity contribution in [3.05, 3.63) is 35.9 Å². The highest BCUT2D eigenvalue weighted by atomic mass is 32.2. The maximum atomic E-state index is 12.0. The summed E-state index contributed by atoms with van der Waals surface area (Å²) in [5, 5.41) is 0. The molecule has 0 spiro atoms. The number of rotatable bonds is 6. The molecule has 1 aliphatic rings. The number of alkyl halides is 2. The maximum absolute atomic E-state index is 12.0. The molecule has 1 atom stereocenters. The molecule has 1 aromatic carbocycles. The van der Waals surface area contributed by atoms with Gasteiger partial charge in [0.1, 0.15) is 5.75 Å². The number of benzene rings is 1. The predicted molar refractivity (Wildman–Crippen MR) is 89.8 cm³/mol. The lowest BCUT2D eigenvalue weighted by atomic mass is 10.1. The zero-order chi connectivity index (χ0) is 19.2. The van der Waals surface area contributed by atoms with E-state index < -0.39 is 28.3 Å². The Morgan fingerprint density at radius 3 is 2.50 bits per heavy atom. The average molecular weight is 388 g/mol. The van der Waals surface area contributed by atoms with Crippen LogP contribution in [0.5, 0.6) is 5.75 Å². The molecular weight excluding hydrogens is 370 g/mol. The summed E-state index contributed by atoms with van der Waals surface area (Å²) >= 11 is 0. The van der Waals surface area contributed by atoms with Crippen LogP contribution >= 0.6 is 0 Å². The van der Waals surface area contributed by atoms with Crippen molar-refractivity contribution in [2.24, 2.45) is 5.92 Å². The lowest BCUT2D eigenvalue weighted by Crippen LogP contribution is -2.41. The number of carbonyl (C=O) groups is 2. The summed E-state index contributed by atoms with van der Waals surface area (Å²) in [4.78, 5) is 23.3. The number of hydrogen-bond acceptors (Lipinski definition) is 5. The highest BCUT2D eigenvalue weighted by molar-refractivity contribution is 7.91. The summed E-state index contributed by atoms with van der Waals surface area (Å²) < 4.78 is 50.9. The summed E-state index contributed by atoms with van der Waals surface area (Å²) in [5.74, 6) is -1.22. The lowest BCUT2D eigenvalue weighted by Gasteiger charge is -2.08. The van der Waals surface area contributed by atoms with Crippen molar-refractivity contribution < 1.29 is 31.5 Å². The largest absolute Gasteiger partial charge is 0.435 e. The van der Waals surface area contributed by atoms with E-state index in [4.69, 9.17) is 0 Å². The standard InChI is InChI=1S/C16H18F2N2O5S/c17-16(18)25-13-4-1-11(2-5-13)3-6-14(21)19-20-15(22)9-12-7-8-26(23,24)10-12/h1-6,12,16H,7-10H2,(H,19,21)(H,20,22)/b6-3+/t12-/m0/s1. The SMILES string of the molecule is O=C(/C=C/c1ccc(OC(F)F)cc1)NNC(=O)C[C@@H]1CCS(=O)(=O)C1. The van der Waals surface area contributed by atoms with Crippen molar-refractivity contribution in [3.63, 3.8) is 0 Å². The van der Waals surface area contributed by atoms with Crippen molar-refractivity contribution >= 4 is 27.7 Å². The predicted octanol–water partition coefficient (Wildman–Crippen LogP) is 1.27. The van der Waals surface area contributed by atoms with Gasteiger partial charge in [0, 0.05) is 12.5 Å². The molecule has 1 heterocycles. The maximum Gasteiger partial charge on any atom is 0.387 e. The molecule has 0 unspecified atom stereocenters. The first-order chi connectivity index (χ1) is 12.2. The molecule has 26 heavy (non-hydrogen) atoms. The van der Waals surface area contributed by atoms with Gasteiger partial charge in [-0.05, 0) is 36.1 Å². The molecule has 1 aliphatic heterocycles. The van der Waals surface area contributed by atoms with E-state index in [0.717, 1.165) is 6.08 Å². The Bertz CT molecular complexity index is 778. The molecule has 7 nitrogen and oxygen atoms in total. The Kier molecular flexibility index (Phi) is 6.67. The van der Waals surface area contributed by atoms with Crippen molar-refractivity contribution in [1.82, 2.24) is 10.9 Å². The molecule has 0 aliphatic carbocycles. The highest BCUT2D eigenvalue weighted by Crippen LogP contribution is 2.21. The number of sulfone groups is 1. The van der Waals surface area contributed by atoms with Gasteiger partial charge in [0.25, 0.3) is 5.91 Å². The first kappa shape index (κ1) is 19.8. The number of ether oxygens (including phenoxy) is 1. The Labute approximate surface area is 149 Å². The molecule has 1 fully saturated rings. The summed E-state index contributed by atoms with van der Waals surface area (Å²) in [7, 11) is -3.05. The zero-order valence-corrected chi connectivity index (χ0v) is 14.5. The molecule has 1 aromatic rings. The first-order valence-corrected chi connectivity index (χ1v) is 9.58. The van der Waals surface area contributed by atoms with Gasteiger partial charge in [-0.3, -0.25) is 20.4 Å². The normalized spacial score (nSPS) is 18.8. The molecule has 2 rings (SSSR count). The fraction of sp³-hybridized carbons (Fsp3) is 0.375. The molecule has 1 saturated heterocycles. The molecular formula is C16H18F2N2O5S. The van der Waals surface area contributed by atoms with Crippen LogP contribution in [0.2, 0.25) is 0 Å². The van der Waals surface area contributed by atoms with E-state index >= 15 is 0 Å². The second kappa shape index (κ2) is 8.75. The van der Waals surface area contributed by atoms with Gasteiger partial charge in [-0.25, -0.2) is 8.42 Å². The van der Waals surface area contributed by atoms with E-state index in [1.165, 1.54) is 30.3 Å². The molecule has 0 aromatic heterocycles. The van der Waals surface area contributed by atoms with Gasteiger partial charge in [0.15, 0.2) is 9.84 Å². The van der Waals surface area contributed by atoms with Crippen LogP contribution in [-0.2, 0) is 19.4 Å². The Morgan fingerprint density at radius 1 is 1.23 bits per heavy atom. The van der Waals surface area contributed by atoms with Gasteiger partial charge in [-0.15, -0.1) is 0 Å². The monoisotopic (exact) mass is 388 g/mol. The van der Waals surface area contributed by atoms with Gasteiger partial charge in [-0.2, -0.15) is 8.78 Å². The Hall–Kier alpha value is -2.49. The molecule has 0 radical (unpaired) electrons. The quantitative estimate of drug-likeness (QED) is 0.565. The molecule has 0 saturated carbocycles. The van der Waals surface area contributed by atoms with Gasteiger partial charge in [0.2, 0.25) is 5.91 Å². The summed E-state index contributed by atoms with van der Waals surface area (Å²) in [6.07, 6.45) is 3.05. The summed E-state index contributed by atoms with van der Waals surface area (Å²) in [6.45, 7) is -2.91. The van der Waals surface area contributed by atoms with Crippen LogP contribution in [0.4, 0.5) is 8.78 Å². The minimum absolute atomic E-state index is 0.00259. The lowest BCUT2D eigenvalue weighted by molar-refractivity contribution is -0.127. The van der Waals surface area contributed by atoms with Crippen molar-refractivity contribution in [1.29, 1.82) is 0 Å². The van der Waals surface area contributed by atoms with Crippen LogP contribution in [0.1, 0.15) is 18.4 Å². The smallest absolute Gasteiger partial charge is 0.387 e. The van der Waals surface area contributed by atoms with Crippen molar-refractivity contribution in [2.75, 3.05) is 11.5 Å². The van der Waals surface area contributed by atoms with E-state index in [0.29, 0.717) is 12.0 Å². The Balaban J connectivity index is 1.74. The highest BCUT2D eigenvalue weighted by Gasteiger charge is 2.29. The van der Waals surface area contributed by atoms with E-state index in [1.54, 1.807) is 0 Å². The third-order valence-electron chi connectivity index (χ3n) is 3.66. The van der Waals surface area contributed by atoms with Gasteiger partial charge < -0.3 is 4.74 Å². The van der Waals surface area contributed by atoms with Crippen LogP contribution in [0.3, 0.4) is 0 Å². The number of halogens is 2. The molecule has 142 valence electrons. The number of carbonyl (C=O) groups excluding carboxylic acids is 2. The second-order valence-corrected chi connectivity index (χ2v) is 8.02. The topological polar surface area (TPSA) is 102 Å². The fourth-order valence-electron chi connectivity index (χ4n) is 2.45. The molecule has 0 bridgehead atoms. The van der Waals surface area contributed by atoms with E-state index in [9.17, 15) is 26.8 Å². The third-order valence-corrected chi connectivity index (χ3v) is 5.50. The second-order valence-electron chi connectivity index (χ2n) is 5.79. The zero-order valence-electron chi connectivity index (χ0n) is 13.7. The number of hydrogen-bond donors (Lipinski definition) is 2. The number of hydrazine groups is 1. The first-order valence-electron chi connectivity index (χ1n) is 7.76. The average Bonchev–Trinajstić information content (AvgIpc) is 2.90.